The lowest BCUT2D eigenvalue weighted by molar-refractivity contribution is -0.605. The van der Waals surface area contributed by atoms with E-state index in [9.17, 15) is 23.6 Å². The van der Waals surface area contributed by atoms with Crippen molar-refractivity contribution in [3.63, 3.8) is 0 Å². The second-order valence-corrected chi connectivity index (χ2v) is 15.6. The second-order valence-electron chi connectivity index (χ2n) is 13.6. The van der Waals surface area contributed by atoms with E-state index in [0.717, 1.165) is 61.6 Å². The van der Waals surface area contributed by atoms with Crippen molar-refractivity contribution in [1.82, 2.24) is 10.2 Å². The van der Waals surface area contributed by atoms with E-state index in [0.29, 0.717) is 40.9 Å². The molecule has 3 heterocycles. The number of pyridine rings is 1. The number of thiophene rings is 1. The van der Waals surface area contributed by atoms with E-state index in [-0.39, 0.29) is 45.4 Å². The molecule has 2 aromatic carbocycles. The summed E-state index contributed by atoms with van der Waals surface area (Å²) in [6, 6.07) is 16.3. The van der Waals surface area contributed by atoms with Gasteiger partial charge >= 0.3 is 18.6 Å². The number of esters is 2. The van der Waals surface area contributed by atoms with Gasteiger partial charge in [0.2, 0.25) is 0 Å². The van der Waals surface area contributed by atoms with Crippen LogP contribution in [-0.2, 0) is 27.2 Å². The highest BCUT2D eigenvalue weighted by molar-refractivity contribution is 7.13. The van der Waals surface area contributed by atoms with E-state index in [1.165, 1.54) is 29.5 Å². The van der Waals surface area contributed by atoms with Crippen LogP contribution < -0.4 is 19.5 Å². The number of likely N-dealkylation sites (tertiary alicyclic amines) is 1. The van der Waals surface area contributed by atoms with E-state index in [2.05, 4.69) is 17.3 Å². The molecule has 2 unspecified atom stereocenters. The topological polar surface area (TPSA) is 113 Å². The van der Waals surface area contributed by atoms with Crippen LogP contribution in [-0.4, -0.2) is 56.8 Å². The summed E-state index contributed by atoms with van der Waals surface area (Å²) in [5, 5.41) is 15.4. The first-order valence-electron chi connectivity index (χ1n) is 17.7. The predicted octanol–water partition coefficient (Wildman–Crippen LogP) is 7.94. The third-order valence-electron chi connectivity index (χ3n) is 9.43. The first kappa shape index (κ1) is 39.7. The van der Waals surface area contributed by atoms with Crippen LogP contribution in [0.2, 0.25) is 10.0 Å². The minimum Gasteiger partial charge on any atom is -0.619 e. The molecule has 6 rings (SSSR count). The molecule has 2 atom stereocenters. The second kappa shape index (κ2) is 18.5. The number of hydrogen-bond donors (Lipinski definition) is 1. The molecule has 1 N–H and O–H groups in total. The first-order chi connectivity index (χ1) is 26.0. The molecule has 288 valence electrons. The molecule has 1 saturated carbocycles. The van der Waals surface area contributed by atoms with Gasteiger partial charge in [-0.3, -0.25) is 5.32 Å². The lowest BCUT2D eigenvalue weighted by Gasteiger charge is -2.29. The number of carbonyl (C=O) groups is 2. The van der Waals surface area contributed by atoms with Crippen molar-refractivity contribution in [2.75, 3.05) is 33.4 Å². The summed E-state index contributed by atoms with van der Waals surface area (Å²) in [6.07, 6.45) is 5.11. The molecule has 10 nitrogen and oxygen atoms in total. The Morgan fingerprint density at radius 2 is 1.65 bits per heavy atom. The van der Waals surface area contributed by atoms with Crippen molar-refractivity contribution in [2.45, 2.75) is 57.4 Å². The molecule has 15 heteroatoms. The maximum Gasteiger partial charge on any atom is 0.387 e. The monoisotopic (exact) mass is 803 g/mol. The quantitative estimate of drug-likeness (QED) is 0.0646. The Hall–Kier alpha value is -4.01. The summed E-state index contributed by atoms with van der Waals surface area (Å²) in [6.45, 7) is -0.184. The minimum absolute atomic E-state index is 0.0421. The SMILES string of the molecule is CN1CCC(COC(=O)C(NCc2ccc(C(=O)OC(Cc3c(Cl)c[n+]([O-])cc3Cl)c3ccc(OC(F)F)c(OCC4CC4)c3)s2)c2ccccc2)CC1. The van der Waals surface area contributed by atoms with Gasteiger partial charge in [-0.15, -0.1) is 11.3 Å². The minimum atomic E-state index is -3.08. The lowest BCUT2D eigenvalue weighted by Crippen LogP contribution is -2.34. The van der Waals surface area contributed by atoms with Crippen molar-refractivity contribution in [3.05, 3.63) is 115 Å². The van der Waals surface area contributed by atoms with Crippen LogP contribution in [0.4, 0.5) is 8.78 Å². The molecule has 2 fully saturated rings. The molecule has 1 aliphatic heterocycles. The number of rotatable bonds is 17. The highest BCUT2D eigenvalue weighted by atomic mass is 35.5. The number of ether oxygens (including phenoxy) is 4. The molecule has 2 aromatic heterocycles. The lowest BCUT2D eigenvalue weighted by atomic mass is 9.98. The molecular weight excluding hydrogens is 763 g/mol. The molecule has 1 aliphatic carbocycles. The predicted molar refractivity (Wildman–Crippen MR) is 200 cm³/mol. The highest BCUT2D eigenvalue weighted by Crippen LogP contribution is 2.38. The van der Waals surface area contributed by atoms with Gasteiger partial charge < -0.3 is 29.1 Å². The largest absolute Gasteiger partial charge is 0.619 e. The van der Waals surface area contributed by atoms with Crippen molar-refractivity contribution in [1.29, 1.82) is 0 Å². The number of benzene rings is 2. The number of nitrogens with one attached hydrogen (secondary N) is 1. The molecule has 0 radical (unpaired) electrons. The Morgan fingerprint density at radius 3 is 2.33 bits per heavy atom. The van der Waals surface area contributed by atoms with E-state index in [1.54, 1.807) is 12.1 Å². The van der Waals surface area contributed by atoms with E-state index >= 15 is 0 Å². The van der Waals surface area contributed by atoms with Crippen LogP contribution in [0.25, 0.3) is 0 Å². The zero-order chi connectivity index (χ0) is 38.2. The molecule has 0 amide bonds. The fourth-order valence-corrected chi connectivity index (χ4v) is 7.57. The van der Waals surface area contributed by atoms with E-state index in [4.69, 9.17) is 42.1 Å². The van der Waals surface area contributed by atoms with Gasteiger partial charge in [-0.2, -0.15) is 13.5 Å². The van der Waals surface area contributed by atoms with Crippen LogP contribution in [0.5, 0.6) is 11.5 Å². The normalized spacial score (nSPS) is 16.2. The molecule has 0 spiro atoms. The average Bonchev–Trinajstić information content (AvgIpc) is 3.86. The van der Waals surface area contributed by atoms with Gasteiger partial charge in [-0.05, 0) is 93.0 Å². The zero-order valence-corrected chi connectivity index (χ0v) is 31.9. The number of carbonyl (C=O) groups excluding carboxylic acids is 2. The number of hydrogen-bond acceptors (Lipinski definition) is 10. The molecular formula is C39H41Cl2F2N3O7S. The smallest absolute Gasteiger partial charge is 0.387 e. The van der Waals surface area contributed by atoms with Gasteiger partial charge in [0, 0.05) is 23.4 Å². The van der Waals surface area contributed by atoms with E-state index in [1.807, 2.05) is 30.3 Å². The third kappa shape index (κ3) is 11.0. The van der Waals surface area contributed by atoms with Gasteiger partial charge in [0.1, 0.15) is 27.1 Å². The van der Waals surface area contributed by atoms with Crippen molar-refractivity contribution < 1.29 is 42.0 Å². The van der Waals surface area contributed by atoms with Gasteiger partial charge in [-0.1, -0.05) is 59.6 Å². The molecule has 54 heavy (non-hydrogen) atoms. The fraction of sp³-hybridized carbons (Fsp3) is 0.410. The Morgan fingerprint density at radius 1 is 0.944 bits per heavy atom. The fourth-order valence-electron chi connectivity index (χ4n) is 6.13. The molecule has 1 saturated heterocycles. The molecule has 0 bridgehead atoms. The highest BCUT2D eigenvalue weighted by Gasteiger charge is 2.28. The summed E-state index contributed by atoms with van der Waals surface area (Å²) >= 11 is 14.0. The van der Waals surface area contributed by atoms with Gasteiger partial charge in [0.25, 0.3) is 0 Å². The van der Waals surface area contributed by atoms with Crippen molar-refractivity contribution in [3.8, 4) is 11.5 Å². The Kier molecular flexibility index (Phi) is 13.6. The van der Waals surface area contributed by atoms with Crippen LogP contribution >= 0.6 is 34.5 Å². The van der Waals surface area contributed by atoms with Crippen LogP contribution in [0.15, 0.2) is 73.1 Å². The Labute approximate surface area is 326 Å². The van der Waals surface area contributed by atoms with Crippen LogP contribution in [0.3, 0.4) is 0 Å². The number of halogens is 4. The summed E-state index contributed by atoms with van der Waals surface area (Å²) in [5.74, 6) is -0.473. The molecule has 2 aliphatic rings. The summed E-state index contributed by atoms with van der Waals surface area (Å²) in [5.41, 5.74) is 1.52. The number of alkyl halides is 2. The van der Waals surface area contributed by atoms with Gasteiger partial charge in [-0.25, -0.2) is 9.59 Å². The van der Waals surface area contributed by atoms with Gasteiger partial charge in [0.05, 0.1) is 13.2 Å². The third-order valence-corrected chi connectivity index (χ3v) is 11.2. The van der Waals surface area contributed by atoms with Gasteiger partial charge in [0.15, 0.2) is 23.9 Å². The standard InChI is InChI=1S/C39H41Cl2F2N3O7S/c1-45-15-13-25(14-16-45)23-51-38(48)36(26-5-3-2-4-6-26)44-19-28-10-12-35(54-28)37(47)52-33(18-29-30(40)20-46(49)21-31(29)41)27-9-11-32(53-39(42)43)34(17-27)50-22-24-7-8-24/h2-6,9-12,17,20-21,24-25,33,36,39,44H,7-8,13-16,18-19,22-23H2,1H3. The number of nitrogens with zero attached hydrogens (tertiary/aromatic N) is 2. The maximum atomic E-state index is 13.7. The Bertz CT molecular complexity index is 1870. The summed E-state index contributed by atoms with van der Waals surface area (Å²) in [7, 11) is 2.09. The summed E-state index contributed by atoms with van der Waals surface area (Å²) in [4.78, 5) is 30.4. The Balaban J connectivity index is 1.18. The first-order valence-corrected chi connectivity index (χ1v) is 19.3. The average molecular weight is 805 g/mol. The van der Waals surface area contributed by atoms with Crippen molar-refractivity contribution >= 4 is 46.5 Å². The van der Waals surface area contributed by atoms with E-state index < -0.39 is 24.7 Å². The number of aromatic nitrogens is 1. The summed E-state index contributed by atoms with van der Waals surface area (Å²) < 4.78 is 49.4. The zero-order valence-electron chi connectivity index (χ0n) is 29.6. The maximum absolute atomic E-state index is 13.7. The number of piperidine rings is 1. The van der Waals surface area contributed by atoms with Crippen molar-refractivity contribution in [2.24, 2.45) is 11.8 Å². The van der Waals surface area contributed by atoms with Crippen LogP contribution in [0, 0.1) is 17.0 Å². The van der Waals surface area contributed by atoms with Crippen LogP contribution in [0.1, 0.15) is 69.1 Å². The molecule has 4 aromatic rings.